The van der Waals surface area contributed by atoms with Crippen LogP contribution in [0.4, 0.5) is 13.2 Å². The molecule has 1 atom stereocenters. The molecule has 0 aliphatic carbocycles. The number of oxime groups is 1. The number of hydrogen-bond donors (Lipinski definition) is 1. The zero-order valence-corrected chi connectivity index (χ0v) is 17.8. The van der Waals surface area contributed by atoms with Gasteiger partial charge in [-0.15, -0.1) is 0 Å². The number of amides is 1. The van der Waals surface area contributed by atoms with Gasteiger partial charge in [-0.2, -0.15) is 24.9 Å². The smallest absolute Gasteiger partial charge is 0.374 e. The van der Waals surface area contributed by atoms with Gasteiger partial charge in [0, 0.05) is 22.3 Å². The lowest BCUT2D eigenvalue weighted by molar-refractivity contribution is -0.275. The first kappa shape index (κ1) is 22.4. The molecule has 0 saturated heterocycles. The molecule has 10 heteroatoms. The topological polar surface area (TPSA) is 63.6 Å². The van der Waals surface area contributed by atoms with Crippen LogP contribution in [-0.4, -0.2) is 34.8 Å². The quantitative estimate of drug-likeness (QED) is 0.688. The molecule has 3 rings (SSSR count). The Morgan fingerprint density at radius 3 is 2.77 bits per heavy atom. The maximum absolute atomic E-state index is 14.0. The minimum absolute atomic E-state index is 0.112. The molecule has 1 aliphatic heterocycles. The van der Waals surface area contributed by atoms with E-state index in [1.165, 1.54) is 42.2 Å². The minimum Gasteiger partial charge on any atom is -0.374 e. The lowest BCUT2D eigenvalue weighted by atomic mass is 9.86. The third-order valence-corrected chi connectivity index (χ3v) is 5.51. The summed E-state index contributed by atoms with van der Waals surface area (Å²) in [6, 6.07) is 7.18. The predicted molar refractivity (Wildman–Crippen MR) is 111 cm³/mol. The molecule has 1 aliphatic rings. The summed E-state index contributed by atoms with van der Waals surface area (Å²) in [6.07, 6.45) is -1.93. The number of pyridine rings is 1. The summed E-state index contributed by atoms with van der Waals surface area (Å²) in [4.78, 5) is 20.9. The fraction of sp³-hybridized carbons (Fsp3) is 0.350. The monoisotopic (exact) mass is 457 g/mol. The maximum atomic E-state index is 14.0. The van der Waals surface area contributed by atoms with Crippen molar-refractivity contribution in [1.29, 1.82) is 0 Å². The second kappa shape index (κ2) is 8.85. The Hall–Kier alpha value is -2.26. The molecule has 30 heavy (non-hydrogen) atoms. The molecule has 160 valence electrons. The molecular formula is C20H19ClF3N3O2S. The lowest BCUT2D eigenvalue weighted by Gasteiger charge is -2.29. The highest BCUT2D eigenvalue weighted by Gasteiger charge is 2.62. The summed E-state index contributed by atoms with van der Waals surface area (Å²) >= 11 is 7.30. The van der Waals surface area contributed by atoms with E-state index >= 15 is 0 Å². The Kier molecular flexibility index (Phi) is 6.62. The number of halogens is 4. The molecule has 1 N–H and O–H groups in total. The van der Waals surface area contributed by atoms with Gasteiger partial charge >= 0.3 is 6.18 Å². The minimum atomic E-state index is -4.70. The van der Waals surface area contributed by atoms with Crippen LogP contribution in [0.1, 0.15) is 28.8 Å². The van der Waals surface area contributed by atoms with Gasteiger partial charge in [-0.1, -0.05) is 28.9 Å². The van der Waals surface area contributed by atoms with Crippen LogP contribution in [0.5, 0.6) is 0 Å². The highest BCUT2D eigenvalue weighted by Crippen LogP contribution is 2.49. The number of aromatic nitrogens is 1. The fourth-order valence-electron chi connectivity index (χ4n) is 3.11. The summed E-state index contributed by atoms with van der Waals surface area (Å²) in [5, 5.41) is 6.67. The molecule has 1 aromatic heterocycles. The molecule has 5 nitrogen and oxygen atoms in total. The molecule has 1 unspecified atom stereocenters. The van der Waals surface area contributed by atoms with E-state index in [-0.39, 0.29) is 28.7 Å². The number of hydrogen-bond acceptors (Lipinski definition) is 5. The van der Waals surface area contributed by atoms with Crippen LogP contribution in [0.15, 0.2) is 41.7 Å². The number of thioether (sulfide) groups is 1. The predicted octanol–water partition coefficient (Wildman–Crippen LogP) is 4.60. The number of carbonyl (C=O) groups excluding carboxylic acids is 1. The number of rotatable bonds is 6. The van der Waals surface area contributed by atoms with Gasteiger partial charge < -0.3 is 10.2 Å². The van der Waals surface area contributed by atoms with E-state index in [0.717, 1.165) is 5.56 Å². The molecule has 1 aromatic carbocycles. The standard InChI is InChI=1S/C20H19ClF3N3O2S/c1-12-6-13(9-25-17(12)10-26-18(28)11-30-2)16-8-19(29-27-16,20(22,23)24)14-4-3-5-15(21)7-14/h3-7,9H,8,10-11H2,1-2H3,(H,26,28). The zero-order valence-electron chi connectivity index (χ0n) is 16.2. The summed E-state index contributed by atoms with van der Waals surface area (Å²) in [5.41, 5.74) is -0.790. The van der Waals surface area contributed by atoms with Crippen molar-refractivity contribution in [2.75, 3.05) is 12.0 Å². The number of nitrogens with one attached hydrogen (secondary N) is 1. The van der Waals surface area contributed by atoms with Gasteiger partial charge in [0.25, 0.3) is 5.60 Å². The number of carbonyl (C=O) groups is 1. The molecule has 2 aromatic rings. The normalized spacial score (nSPS) is 18.7. The van der Waals surface area contributed by atoms with Gasteiger partial charge in [0.05, 0.1) is 30.1 Å². The van der Waals surface area contributed by atoms with Crippen LogP contribution in [0.3, 0.4) is 0 Å². The molecule has 0 spiro atoms. The van der Waals surface area contributed by atoms with Crippen LogP contribution in [0, 0.1) is 6.92 Å². The molecule has 0 fully saturated rings. The molecule has 0 radical (unpaired) electrons. The average molecular weight is 458 g/mol. The van der Waals surface area contributed by atoms with Crippen molar-refractivity contribution in [2.24, 2.45) is 5.16 Å². The van der Waals surface area contributed by atoms with Crippen molar-refractivity contribution in [2.45, 2.75) is 31.7 Å². The van der Waals surface area contributed by atoms with Gasteiger partial charge in [0.15, 0.2) is 0 Å². The molecule has 1 amide bonds. The Bertz CT molecular complexity index is 984. The Balaban J connectivity index is 1.82. The van der Waals surface area contributed by atoms with Crippen molar-refractivity contribution in [1.82, 2.24) is 10.3 Å². The van der Waals surface area contributed by atoms with Crippen LogP contribution >= 0.6 is 23.4 Å². The zero-order chi connectivity index (χ0) is 21.9. The van der Waals surface area contributed by atoms with E-state index < -0.39 is 18.2 Å². The second-order valence-corrected chi connectivity index (χ2v) is 8.14. The van der Waals surface area contributed by atoms with Gasteiger partial charge in [0.1, 0.15) is 0 Å². The first-order valence-electron chi connectivity index (χ1n) is 8.95. The summed E-state index contributed by atoms with van der Waals surface area (Å²) in [7, 11) is 0. The molecular weight excluding hydrogens is 439 g/mol. The van der Waals surface area contributed by atoms with Crippen LogP contribution in [-0.2, 0) is 21.8 Å². The van der Waals surface area contributed by atoms with Crippen molar-refractivity contribution in [3.63, 3.8) is 0 Å². The van der Waals surface area contributed by atoms with E-state index in [9.17, 15) is 18.0 Å². The number of aryl methyl sites for hydroxylation is 1. The molecule has 0 saturated carbocycles. The third kappa shape index (κ3) is 4.57. The van der Waals surface area contributed by atoms with Gasteiger partial charge in [-0.25, -0.2) is 0 Å². The molecule has 2 heterocycles. The van der Waals surface area contributed by atoms with Crippen molar-refractivity contribution < 1.29 is 22.8 Å². The number of nitrogens with zero attached hydrogens (tertiary/aromatic N) is 2. The van der Waals surface area contributed by atoms with Crippen LogP contribution in [0.25, 0.3) is 0 Å². The van der Waals surface area contributed by atoms with E-state index in [2.05, 4.69) is 15.5 Å². The average Bonchev–Trinajstić information content (AvgIpc) is 3.14. The highest BCUT2D eigenvalue weighted by atomic mass is 35.5. The highest BCUT2D eigenvalue weighted by molar-refractivity contribution is 7.99. The van der Waals surface area contributed by atoms with Gasteiger partial charge in [-0.05, 0) is 36.9 Å². The number of benzene rings is 1. The van der Waals surface area contributed by atoms with E-state index in [1.54, 1.807) is 13.0 Å². The summed E-state index contributed by atoms with van der Waals surface area (Å²) in [5.74, 6) is 0.228. The van der Waals surface area contributed by atoms with Gasteiger partial charge in [-0.3, -0.25) is 9.78 Å². The summed E-state index contributed by atoms with van der Waals surface area (Å²) < 4.78 is 42.0. The third-order valence-electron chi connectivity index (χ3n) is 4.73. The van der Waals surface area contributed by atoms with Crippen molar-refractivity contribution in [3.8, 4) is 0 Å². The van der Waals surface area contributed by atoms with Crippen molar-refractivity contribution >= 4 is 35.0 Å². The maximum Gasteiger partial charge on any atom is 0.435 e. The Morgan fingerprint density at radius 2 is 2.13 bits per heavy atom. The SMILES string of the molecule is CSCC(=O)NCc1ncc(C2=NOC(c3cccc(Cl)c3)(C(F)(F)F)C2)cc1C. The van der Waals surface area contributed by atoms with E-state index in [0.29, 0.717) is 17.0 Å². The van der Waals surface area contributed by atoms with Crippen LogP contribution < -0.4 is 5.32 Å². The lowest BCUT2D eigenvalue weighted by Crippen LogP contribution is -2.42. The van der Waals surface area contributed by atoms with E-state index in [1.807, 2.05) is 6.26 Å². The Morgan fingerprint density at radius 1 is 1.37 bits per heavy atom. The molecule has 0 bridgehead atoms. The van der Waals surface area contributed by atoms with Gasteiger partial charge in [0.2, 0.25) is 5.91 Å². The van der Waals surface area contributed by atoms with Crippen LogP contribution in [0.2, 0.25) is 5.02 Å². The first-order valence-corrected chi connectivity index (χ1v) is 10.7. The van der Waals surface area contributed by atoms with E-state index in [4.69, 9.17) is 16.4 Å². The second-order valence-electron chi connectivity index (χ2n) is 6.84. The Labute approximate surface area is 181 Å². The summed E-state index contributed by atoms with van der Waals surface area (Å²) in [6.45, 7) is 2.01. The first-order chi connectivity index (χ1) is 14.2. The van der Waals surface area contributed by atoms with Crippen molar-refractivity contribution in [3.05, 3.63) is 63.9 Å². The number of alkyl halides is 3. The fourth-order valence-corrected chi connectivity index (χ4v) is 3.66. The largest absolute Gasteiger partial charge is 0.435 e.